The standard InChI is InChI=1S/C25H34N2O2/c1-17(2)20-7-5-6-8-21(20)22-16-27(12-11-26-22)15-18-13-23(28-3)25(19-9-10-19)24(14-18)29-4/h5-8,13-14,17,19,22,26H,9-12,15-16H2,1-4H3/t22-/m0/s1. The van der Waals surface area contributed by atoms with Crippen molar-refractivity contribution < 1.29 is 9.47 Å². The Kier molecular flexibility index (Phi) is 6.12. The lowest BCUT2D eigenvalue weighted by molar-refractivity contribution is 0.192. The largest absolute Gasteiger partial charge is 0.496 e. The fraction of sp³-hybridized carbons (Fsp3) is 0.520. The van der Waals surface area contributed by atoms with Crippen LogP contribution in [-0.4, -0.2) is 38.8 Å². The summed E-state index contributed by atoms with van der Waals surface area (Å²) in [6.07, 6.45) is 2.47. The van der Waals surface area contributed by atoms with E-state index in [4.69, 9.17) is 9.47 Å². The molecule has 4 nitrogen and oxygen atoms in total. The number of benzene rings is 2. The lowest BCUT2D eigenvalue weighted by Gasteiger charge is -2.35. The van der Waals surface area contributed by atoms with Gasteiger partial charge in [0.15, 0.2) is 0 Å². The molecule has 1 saturated carbocycles. The van der Waals surface area contributed by atoms with Gasteiger partial charge in [-0.15, -0.1) is 0 Å². The van der Waals surface area contributed by atoms with E-state index < -0.39 is 0 Å². The minimum atomic E-state index is 0.372. The average molecular weight is 395 g/mol. The molecule has 0 spiro atoms. The van der Waals surface area contributed by atoms with E-state index in [-0.39, 0.29) is 0 Å². The normalized spacial score (nSPS) is 20.1. The lowest BCUT2D eigenvalue weighted by Crippen LogP contribution is -2.45. The Morgan fingerprint density at radius 1 is 1.07 bits per heavy atom. The van der Waals surface area contributed by atoms with Gasteiger partial charge in [-0.2, -0.15) is 0 Å². The summed E-state index contributed by atoms with van der Waals surface area (Å²) >= 11 is 0. The summed E-state index contributed by atoms with van der Waals surface area (Å²) in [5.41, 5.74) is 5.40. The molecule has 2 aromatic carbocycles. The number of ether oxygens (including phenoxy) is 2. The second-order valence-corrected chi connectivity index (χ2v) is 8.71. The first-order valence-corrected chi connectivity index (χ1v) is 10.9. The first kappa shape index (κ1) is 20.2. The highest BCUT2D eigenvalue weighted by atomic mass is 16.5. The molecule has 2 aliphatic rings. The minimum Gasteiger partial charge on any atom is -0.496 e. The van der Waals surface area contributed by atoms with Crippen molar-refractivity contribution >= 4 is 0 Å². The van der Waals surface area contributed by atoms with E-state index in [0.29, 0.717) is 17.9 Å². The molecule has 29 heavy (non-hydrogen) atoms. The number of hydrogen-bond acceptors (Lipinski definition) is 4. The summed E-state index contributed by atoms with van der Waals surface area (Å²) in [6, 6.07) is 13.7. The molecule has 1 aliphatic heterocycles. The zero-order valence-electron chi connectivity index (χ0n) is 18.2. The van der Waals surface area contributed by atoms with Crippen molar-refractivity contribution in [3.8, 4) is 11.5 Å². The van der Waals surface area contributed by atoms with Crippen LogP contribution in [0.3, 0.4) is 0 Å². The predicted octanol–water partition coefficient (Wildman–Crippen LogP) is 4.85. The molecule has 1 aliphatic carbocycles. The third kappa shape index (κ3) is 4.44. The van der Waals surface area contributed by atoms with Crippen LogP contribution in [0.4, 0.5) is 0 Å². The maximum atomic E-state index is 5.74. The van der Waals surface area contributed by atoms with Crippen LogP contribution in [0.2, 0.25) is 0 Å². The Morgan fingerprint density at radius 3 is 2.38 bits per heavy atom. The van der Waals surface area contributed by atoms with Crippen LogP contribution in [0.15, 0.2) is 36.4 Å². The Balaban J connectivity index is 1.53. The zero-order valence-corrected chi connectivity index (χ0v) is 18.2. The van der Waals surface area contributed by atoms with Gasteiger partial charge in [0, 0.05) is 37.8 Å². The quantitative estimate of drug-likeness (QED) is 0.728. The van der Waals surface area contributed by atoms with Crippen LogP contribution in [0.1, 0.15) is 66.8 Å². The van der Waals surface area contributed by atoms with Crippen LogP contribution >= 0.6 is 0 Å². The topological polar surface area (TPSA) is 33.7 Å². The molecule has 1 atom stereocenters. The summed E-state index contributed by atoms with van der Waals surface area (Å²) in [4.78, 5) is 2.54. The van der Waals surface area contributed by atoms with Crippen LogP contribution in [-0.2, 0) is 6.54 Å². The number of nitrogens with zero attached hydrogens (tertiary/aromatic N) is 1. The van der Waals surface area contributed by atoms with Crippen molar-refractivity contribution in [3.63, 3.8) is 0 Å². The molecule has 4 heteroatoms. The van der Waals surface area contributed by atoms with Crippen molar-refractivity contribution in [1.82, 2.24) is 10.2 Å². The molecular formula is C25H34N2O2. The summed E-state index contributed by atoms with van der Waals surface area (Å²) in [6.45, 7) is 8.54. The van der Waals surface area contributed by atoms with Crippen LogP contribution in [0.5, 0.6) is 11.5 Å². The summed E-state index contributed by atoms with van der Waals surface area (Å²) in [5.74, 6) is 3.11. The SMILES string of the molecule is COc1cc(CN2CCN[C@H](c3ccccc3C(C)C)C2)cc(OC)c1C1CC1. The molecule has 0 bridgehead atoms. The molecule has 1 N–H and O–H groups in total. The van der Waals surface area contributed by atoms with E-state index in [1.54, 1.807) is 14.2 Å². The van der Waals surface area contributed by atoms with Gasteiger partial charge in [-0.05, 0) is 53.5 Å². The van der Waals surface area contributed by atoms with Gasteiger partial charge < -0.3 is 14.8 Å². The van der Waals surface area contributed by atoms with E-state index >= 15 is 0 Å². The first-order chi connectivity index (χ1) is 14.1. The highest BCUT2D eigenvalue weighted by Gasteiger charge is 2.31. The molecule has 0 radical (unpaired) electrons. The predicted molar refractivity (Wildman–Crippen MR) is 118 cm³/mol. The van der Waals surface area contributed by atoms with Crippen molar-refractivity contribution in [2.75, 3.05) is 33.9 Å². The summed E-state index contributed by atoms with van der Waals surface area (Å²) < 4.78 is 11.5. The third-order valence-electron chi connectivity index (χ3n) is 6.25. The van der Waals surface area contributed by atoms with Crippen molar-refractivity contribution in [2.24, 2.45) is 0 Å². The smallest absolute Gasteiger partial charge is 0.126 e. The molecule has 156 valence electrons. The van der Waals surface area contributed by atoms with Gasteiger partial charge in [0.1, 0.15) is 11.5 Å². The monoisotopic (exact) mass is 394 g/mol. The molecule has 0 amide bonds. The Bertz CT molecular complexity index is 819. The number of hydrogen-bond donors (Lipinski definition) is 1. The van der Waals surface area contributed by atoms with E-state index in [0.717, 1.165) is 37.7 Å². The van der Waals surface area contributed by atoms with Gasteiger partial charge in [-0.25, -0.2) is 0 Å². The third-order valence-corrected chi connectivity index (χ3v) is 6.25. The van der Waals surface area contributed by atoms with Crippen molar-refractivity contribution in [1.29, 1.82) is 0 Å². The fourth-order valence-electron chi connectivity index (χ4n) is 4.63. The van der Waals surface area contributed by atoms with Gasteiger partial charge >= 0.3 is 0 Å². The van der Waals surface area contributed by atoms with Crippen LogP contribution in [0, 0.1) is 0 Å². The minimum absolute atomic E-state index is 0.372. The highest BCUT2D eigenvalue weighted by Crippen LogP contribution is 2.49. The zero-order chi connectivity index (χ0) is 20.4. The van der Waals surface area contributed by atoms with Crippen LogP contribution in [0.25, 0.3) is 0 Å². The second-order valence-electron chi connectivity index (χ2n) is 8.71. The van der Waals surface area contributed by atoms with Crippen molar-refractivity contribution in [3.05, 3.63) is 58.7 Å². The van der Waals surface area contributed by atoms with Gasteiger partial charge in [0.25, 0.3) is 0 Å². The van der Waals surface area contributed by atoms with E-state index in [9.17, 15) is 0 Å². The van der Waals surface area contributed by atoms with Crippen LogP contribution < -0.4 is 14.8 Å². The second kappa shape index (κ2) is 8.76. The van der Waals surface area contributed by atoms with Crippen molar-refractivity contribution in [2.45, 2.75) is 51.1 Å². The Labute approximate surface area is 175 Å². The maximum Gasteiger partial charge on any atom is 0.126 e. The molecule has 1 heterocycles. The molecule has 0 unspecified atom stereocenters. The molecule has 4 rings (SSSR count). The Morgan fingerprint density at radius 2 is 1.76 bits per heavy atom. The number of nitrogens with one attached hydrogen (secondary N) is 1. The molecule has 2 fully saturated rings. The molecule has 1 saturated heterocycles. The molecule has 2 aromatic rings. The van der Waals surface area contributed by atoms with Gasteiger partial charge in [-0.1, -0.05) is 38.1 Å². The fourth-order valence-corrected chi connectivity index (χ4v) is 4.63. The highest BCUT2D eigenvalue weighted by molar-refractivity contribution is 5.51. The Hall–Kier alpha value is -2.04. The molecular weight excluding hydrogens is 360 g/mol. The van der Waals surface area contributed by atoms with E-state index in [1.165, 1.54) is 35.1 Å². The summed E-state index contributed by atoms with van der Waals surface area (Å²) in [7, 11) is 3.54. The maximum absolute atomic E-state index is 5.74. The van der Waals surface area contributed by atoms with Gasteiger partial charge in [-0.3, -0.25) is 4.90 Å². The van der Waals surface area contributed by atoms with Gasteiger partial charge in [0.05, 0.1) is 14.2 Å². The average Bonchev–Trinajstić information content (AvgIpc) is 3.58. The molecule has 0 aromatic heterocycles. The number of piperazine rings is 1. The van der Waals surface area contributed by atoms with Gasteiger partial charge in [0.2, 0.25) is 0 Å². The summed E-state index contributed by atoms with van der Waals surface area (Å²) in [5, 5.41) is 3.73. The lowest BCUT2D eigenvalue weighted by atomic mass is 9.91. The van der Waals surface area contributed by atoms with E-state index in [1.807, 2.05) is 0 Å². The number of methoxy groups -OCH3 is 2. The number of rotatable bonds is 7. The first-order valence-electron chi connectivity index (χ1n) is 10.9. The van der Waals surface area contributed by atoms with E-state index in [2.05, 4.69) is 60.5 Å².